The summed E-state index contributed by atoms with van der Waals surface area (Å²) in [6, 6.07) is 6.01. The van der Waals surface area contributed by atoms with Crippen LogP contribution >= 0.6 is 34.8 Å². The normalized spacial score (nSPS) is 11.6. The number of halogens is 5. The molecule has 1 aromatic heterocycles. The van der Waals surface area contributed by atoms with Crippen molar-refractivity contribution in [3.63, 3.8) is 0 Å². The van der Waals surface area contributed by atoms with Gasteiger partial charge in [-0.15, -0.1) is 0 Å². The van der Waals surface area contributed by atoms with E-state index in [1.807, 2.05) is 0 Å². The van der Waals surface area contributed by atoms with Crippen molar-refractivity contribution in [1.82, 2.24) is 4.98 Å². The summed E-state index contributed by atoms with van der Waals surface area (Å²) in [4.78, 5) is 14.7. The lowest BCUT2D eigenvalue weighted by atomic mass is 10.1. The molecule has 0 spiro atoms. The van der Waals surface area contributed by atoms with Gasteiger partial charge in [0.2, 0.25) is 0 Å². The minimum absolute atomic E-state index is 0.0817. The van der Waals surface area contributed by atoms with Crippen molar-refractivity contribution in [1.29, 1.82) is 0 Å². The van der Waals surface area contributed by atoms with E-state index < -0.39 is 18.3 Å². The minimum atomic E-state index is -3.00. The molecule has 2 rings (SSSR count). The molecule has 0 unspecified atom stereocenters. The standard InChI is InChI=1S/C15H10Cl3F2N3O3/c1-6(7-4-2-3-5-8(7)26-15(19)20)22-23-11-9(16)12(14(24)25)21-13(18)10(11)17/h2-5,15H,1H3,(H,21,23)(H,24,25)/b22-6+. The molecule has 0 aliphatic carbocycles. The van der Waals surface area contributed by atoms with Crippen molar-refractivity contribution in [2.45, 2.75) is 13.5 Å². The lowest BCUT2D eigenvalue weighted by Crippen LogP contribution is -2.09. The molecule has 1 aromatic carbocycles. The second-order valence-corrected chi connectivity index (χ2v) is 5.86. The molecule has 1 heterocycles. The predicted octanol–water partition coefficient (Wildman–Crippen LogP) is 5.18. The van der Waals surface area contributed by atoms with Gasteiger partial charge in [0.25, 0.3) is 0 Å². The molecule has 0 saturated heterocycles. The molecule has 0 atom stereocenters. The summed E-state index contributed by atoms with van der Waals surface area (Å²) in [7, 11) is 0. The quantitative estimate of drug-likeness (QED) is 0.379. The van der Waals surface area contributed by atoms with E-state index in [2.05, 4.69) is 20.2 Å². The number of rotatable bonds is 6. The summed E-state index contributed by atoms with van der Waals surface area (Å²) >= 11 is 17.7. The summed E-state index contributed by atoms with van der Waals surface area (Å²) in [6.45, 7) is -1.48. The van der Waals surface area contributed by atoms with E-state index in [1.165, 1.54) is 25.1 Å². The van der Waals surface area contributed by atoms with E-state index in [1.54, 1.807) is 6.07 Å². The fourth-order valence-electron chi connectivity index (χ4n) is 1.92. The maximum Gasteiger partial charge on any atom is 0.387 e. The van der Waals surface area contributed by atoms with Crippen molar-refractivity contribution in [2.24, 2.45) is 5.10 Å². The van der Waals surface area contributed by atoms with Crippen LogP contribution in [0.15, 0.2) is 29.4 Å². The van der Waals surface area contributed by atoms with Crippen LogP contribution < -0.4 is 10.2 Å². The molecule has 6 nitrogen and oxygen atoms in total. The highest BCUT2D eigenvalue weighted by atomic mass is 35.5. The van der Waals surface area contributed by atoms with E-state index in [0.717, 1.165) is 0 Å². The van der Waals surface area contributed by atoms with Gasteiger partial charge in [-0.3, -0.25) is 5.43 Å². The summed E-state index contributed by atoms with van der Waals surface area (Å²) in [6.07, 6.45) is 0. The van der Waals surface area contributed by atoms with Crippen molar-refractivity contribution in [2.75, 3.05) is 5.43 Å². The molecule has 0 amide bonds. The van der Waals surface area contributed by atoms with Crippen LogP contribution in [0.1, 0.15) is 23.0 Å². The number of aromatic carboxylic acids is 1. The molecule has 2 N–H and O–H groups in total. The number of para-hydroxylation sites is 1. The number of aromatic nitrogens is 1. The molecule has 0 aliphatic rings. The minimum Gasteiger partial charge on any atom is -0.476 e. The van der Waals surface area contributed by atoms with Gasteiger partial charge < -0.3 is 9.84 Å². The summed E-state index contributed by atoms with van der Waals surface area (Å²) < 4.78 is 29.4. The monoisotopic (exact) mass is 423 g/mol. The number of anilines is 1. The highest BCUT2D eigenvalue weighted by Gasteiger charge is 2.21. The van der Waals surface area contributed by atoms with Crippen molar-refractivity contribution >= 4 is 52.2 Å². The number of alkyl halides is 2. The van der Waals surface area contributed by atoms with Gasteiger partial charge in [-0.05, 0) is 19.1 Å². The lowest BCUT2D eigenvalue weighted by Gasteiger charge is -2.12. The first-order valence-corrected chi connectivity index (χ1v) is 7.98. The number of nitrogens with one attached hydrogen (secondary N) is 1. The maximum absolute atomic E-state index is 12.5. The van der Waals surface area contributed by atoms with Crippen LogP contribution in [0.4, 0.5) is 14.5 Å². The number of benzene rings is 1. The first-order chi connectivity index (χ1) is 12.2. The number of hydrogen-bond acceptors (Lipinski definition) is 5. The predicted molar refractivity (Wildman–Crippen MR) is 95.1 cm³/mol. The van der Waals surface area contributed by atoms with Crippen LogP contribution in [-0.4, -0.2) is 28.4 Å². The Balaban J connectivity index is 2.40. The van der Waals surface area contributed by atoms with E-state index in [0.29, 0.717) is 0 Å². The molecule has 11 heteroatoms. The molecule has 26 heavy (non-hydrogen) atoms. The van der Waals surface area contributed by atoms with Gasteiger partial charge in [0, 0.05) is 5.56 Å². The van der Waals surface area contributed by atoms with Crippen LogP contribution in [-0.2, 0) is 0 Å². The average molecular weight is 425 g/mol. The first-order valence-electron chi connectivity index (χ1n) is 6.84. The summed E-state index contributed by atoms with van der Waals surface area (Å²) in [5, 5.41) is 12.3. The smallest absolute Gasteiger partial charge is 0.387 e. The number of hydrogen-bond donors (Lipinski definition) is 2. The number of pyridine rings is 1. The third kappa shape index (κ3) is 4.51. The van der Waals surface area contributed by atoms with E-state index >= 15 is 0 Å². The van der Waals surface area contributed by atoms with Gasteiger partial charge in [0.15, 0.2) is 10.8 Å². The van der Waals surface area contributed by atoms with E-state index in [9.17, 15) is 13.6 Å². The van der Waals surface area contributed by atoms with Gasteiger partial charge in [-0.2, -0.15) is 13.9 Å². The third-order valence-corrected chi connectivity index (χ3v) is 4.18. The van der Waals surface area contributed by atoms with Crippen LogP contribution in [0.2, 0.25) is 15.2 Å². The zero-order valence-corrected chi connectivity index (χ0v) is 15.2. The number of carboxylic acids is 1. The summed E-state index contributed by atoms with van der Waals surface area (Å²) in [5.74, 6) is -1.49. The second kappa shape index (κ2) is 8.48. The largest absolute Gasteiger partial charge is 0.476 e. The van der Waals surface area contributed by atoms with Gasteiger partial charge in [-0.1, -0.05) is 46.9 Å². The molecular weight excluding hydrogens is 415 g/mol. The number of carboxylic acid groups (broad SMARTS) is 1. The molecule has 138 valence electrons. The van der Waals surface area contributed by atoms with Crippen LogP contribution in [0.25, 0.3) is 0 Å². The Labute approximate surface area is 161 Å². The second-order valence-electron chi connectivity index (χ2n) is 4.74. The molecule has 0 fully saturated rings. The Morgan fingerprint density at radius 3 is 2.54 bits per heavy atom. The van der Waals surface area contributed by atoms with Crippen LogP contribution in [0.3, 0.4) is 0 Å². The van der Waals surface area contributed by atoms with Gasteiger partial charge >= 0.3 is 12.6 Å². The lowest BCUT2D eigenvalue weighted by molar-refractivity contribution is -0.0499. The molecule has 0 saturated carbocycles. The van der Waals surface area contributed by atoms with Crippen LogP contribution in [0, 0.1) is 0 Å². The SMILES string of the molecule is C/C(=N\Nc1c(Cl)c(Cl)nc(C(=O)O)c1Cl)c1ccccc1OC(F)F. The Morgan fingerprint density at radius 1 is 1.27 bits per heavy atom. The van der Waals surface area contributed by atoms with Gasteiger partial charge in [0.1, 0.15) is 15.8 Å². The molecular formula is C15H10Cl3F2N3O3. The Hall–Kier alpha value is -2.16. The van der Waals surface area contributed by atoms with E-state index in [4.69, 9.17) is 39.9 Å². The molecule has 0 radical (unpaired) electrons. The Morgan fingerprint density at radius 2 is 1.92 bits per heavy atom. The molecule has 2 aromatic rings. The zero-order valence-electron chi connectivity index (χ0n) is 12.9. The van der Waals surface area contributed by atoms with Crippen molar-refractivity contribution in [3.8, 4) is 5.75 Å². The number of ether oxygens (including phenoxy) is 1. The third-order valence-electron chi connectivity index (χ3n) is 3.07. The fraction of sp³-hybridized carbons (Fsp3) is 0.133. The van der Waals surface area contributed by atoms with Gasteiger partial charge in [0.05, 0.1) is 11.4 Å². The average Bonchev–Trinajstić information content (AvgIpc) is 2.57. The topological polar surface area (TPSA) is 83.8 Å². The highest BCUT2D eigenvalue weighted by molar-refractivity contribution is 6.46. The Kier molecular flexibility index (Phi) is 6.57. The van der Waals surface area contributed by atoms with Crippen LogP contribution in [0.5, 0.6) is 5.75 Å². The zero-order chi connectivity index (χ0) is 19.4. The molecule has 0 bridgehead atoms. The summed E-state index contributed by atoms with van der Waals surface area (Å²) in [5.41, 5.74) is 2.42. The fourth-order valence-corrected chi connectivity index (χ4v) is 2.58. The number of hydrazone groups is 1. The van der Waals surface area contributed by atoms with Gasteiger partial charge in [-0.25, -0.2) is 9.78 Å². The van der Waals surface area contributed by atoms with Crippen molar-refractivity contribution in [3.05, 3.63) is 50.7 Å². The maximum atomic E-state index is 12.5. The molecule has 0 aliphatic heterocycles. The number of nitrogens with zero attached hydrogens (tertiary/aromatic N) is 2. The first kappa shape index (κ1) is 20.2. The Bertz CT molecular complexity index is 879. The van der Waals surface area contributed by atoms with Crippen molar-refractivity contribution < 1.29 is 23.4 Å². The van der Waals surface area contributed by atoms with E-state index in [-0.39, 0.29) is 37.9 Å². The highest BCUT2D eigenvalue weighted by Crippen LogP contribution is 2.37. The number of carbonyl (C=O) groups is 1.